The van der Waals surface area contributed by atoms with Crippen LogP contribution in [-0.2, 0) is 11.3 Å². The van der Waals surface area contributed by atoms with Gasteiger partial charge in [0.15, 0.2) is 5.13 Å². The molecule has 0 unspecified atom stereocenters. The zero-order valence-corrected chi connectivity index (χ0v) is 16.3. The molecule has 0 saturated heterocycles. The van der Waals surface area contributed by atoms with Crippen molar-refractivity contribution < 1.29 is 13.9 Å². The van der Waals surface area contributed by atoms with E-state index in [1.807, 2.05) is 30.3 Å². The number of carbonyl (C=O) groups is 1. The van der Waals surface area contributed by atoms with Crippen molar-refractivity contribution in [2.24, 2.45) is 5.73 Å². The fraction of sp³-hybridized carbons (Fsp3) is 0.158. The molecule has 0 radical (unpaired) electrons. The number of thiazole rings is 1. The highest BCUT2D eigenvalue weighted by Gasteiger charge is 2.13. The zero-order valence-electron chi connectivity index (χ0n) is 14.7. The number of nitrogens with two attached hydrogens (primary N) is 1. The topological polar surface area (TPSA) is 89.3 Å². The number of ether oxygens (including phenoxy) is 1. The van der Waals surface area contributed by atoms with Gasteiger partial charge in [0, 0.05) is 11.1 Å². The molecule has 0 saturated carbocycles. The summed E-state index contributed by atoms with van der Waals surface area (Å²) in [6.45, 7) is 0.769. The molecule has 6 nitrogen and oxygen atoms in total. The molecule has 4 N–H and O–H groups in total. The summed E-state index contributed by atoms with van der Waals surface area (Å²) < 4.78 is 18.8. The van der Waals surface area contributed by atoms with E-state index in [0.717, 1.165) is 5.56 Å². The van der Waals surface area contributed by atoms with Crippen molar-refractivity contribution in [1.82, 2.24) is 4.98 Å². The molecular formula is C19H18ClFN4O2S. The maximum Gasteiger partial charge on any atom is 0.325 e. The lowest BCUT2D eigenvalue weighted by molar-refractivity contribution is 0.107. The summed E-state index contributed by atoms with van der Waals surface area (Å²) in [5, 5.41) is 7.24. The summed E-state index contributed by atoms with van der Waals surface area (Å²) in [5.41, 5.74) is 8.15. The van der Waals surface area contributed by atoms with Gasteiger partial charge in [0.1, 0.15) is 5.82 Å². The molecule has 3 aromatic rings. The molecule has 0 aliphatic rings. The van der Waals surface area contributed by atoms with Crippen molar-refractivity contribution in [3.05, 3.63) is 76.0 Å². The number of amides is 2. The minimum Gasteiger partial charge on any atom is -0.375 e. The Labute approximate surface area is 170 Å². The molecule has 1 aromatic heterocycles. The lowest BCUT2D eigenvalue weighted by Crippen LogP contribution is -2.20. The SMILES string of the molecule is N[C@H](COCc1ccccc1)c1csc(NC(=O)Nc2ccc(F)c(Cl)c2)n1. The Bertz CT molecular complexity index is 939. The Morgan fingerprint density at radius 2 is 2.04 bits per heavy atom. The number of benzene rings is 2. The van der Waals surface area contributed by atoms with E-state index >= 15 is 0 Å². The van der Waals surface area contributed by atoms with Gasteiger partial charge in [-0.2, -0.15) is 0 Å². The second kappa shape index (κ2) is 9.61. The number of halogens is 2. The van der Waals surface area contributed by atoms with Crippen molar-refractivity contribution in [3.8, 4) is 0 Å². The van der Waals surface area contributed by atoms with E-state index in [9.17, 15) is 9.18 Å². The number of aromatic nitrogens is 1. The average Bonchev–Trinajstić information content (AvgIpc) is 3.14. The first kappa shape index (κ1) is 20.2. The summed E-state index contributed by atoms with van der Waals surface area (Å²) in [6.07, 6.45) is 0. The number of hydrogen-bond acceptors (Lipinski definition) is 5. The number of nitrogens with one attached hydrogen (secondary N) is 2. The summed E-state index contributed by atoms with van der Waals surface area (Å²) in [4.78, 5) is 16.3. The summed E-state index contributed by atoms with van der Waals surface area (Å²) >= 11 is 6.94. The molecule has 146 valence electrons. The van der Waals surface area contributed by atoms with Crippen molar-refractivity contribution in [3.63, 3.8) is 0 Å². The summed E-state index contributed by atoms with van der Waals surface area (Å²) in [6, 6.07) is 12.8. The molecule has 0 fully saturated rings. The highest BCUT2D eigenvalue weighted by molar-refractivity contribution is 7.13. The van der Waals surface area contributed by atoms with E-state index in [2.05, 4.69) is 15.6 Å². The molecule has 3 rings (SSSR count). The Kier molecular flexibility index (Phi) is 6.94. The number of nitrogens with zero attached hydrogens (tertiary/aromatic N) is 1. The van der Waals surface area contributed by atoms with Crippen molar-refractivity contribution in [1.29, 1.82) is 0 Å². The fourth-order valence-corrected chi connectivity index (χ4v) is 3.26. The van der Waals surface area contributed by atoms with E-state index in [-0.39, 0.29) is 5.02 Å². The third-order valence-electron chi connectivity index (χ3n) is 3.71. The standard InChI is InChI=1S/C19H18ClFN4O2S/c20-14-8-13(6-7-15(14)21)23-18(26)25-19-24-17(11-28-19)16(22)10-27-9-12-4-2-1-3-5-12/h1-8,11,16H,9-10,22H2,(H2,23,24,25,26)/t16-/m1/s1. The van der Waals surface area contributed by atoms with Crippen LogP contribution < -0.4 is 16.4 Å². The number of carbonyl (C=O) groups excluding carboxylic acids is 1. The van der Waals surface area contributed by atoms with Crippen LogP contribution in [-0.4, -0.2) is 17.6 Å². The van der Waals surface area contributed by atoms with Gasteiger partial charge in [-0.1, -0.05) is 41.9 Å². The van der Waals surface area contributed by atoms with Crippen molar-refractivity contribution in [2.75, 3.05) is 17.2 Å². The Balaban J connectivity index is 1.48. The Morgan fingerprint density at radius 1 is 1.25 bits per heavy atom. The van der Waals surface area contributed by atoms with Gasteiger partial charge in [-0.05, 0) is 23.8 Å². The minimum absolute atomic E-state index is 0.0733. The highest BCUT2D eigenvalue weighted by Crippen LogP contribution is 2.22. The number of urea groups is 1. The van der Waals surface area contributed by atoms with Gasteiger partial charge in [-0.25, -0.2) is 14.2 Å². The number of anilines is 2. The third kappa shape index (κ3) is 5.74. The monoisotopic (exact) mass is 420 g/mol. The van der Waals surface area contributed by atoms with Crippen LogP contribution >= 0.6 is 22.9 Å². The maximum absolute atomic E-state index is 13.2. The molecule has 0 spiro atoms. The smallest absolute Gasteiger partial charge is 0.325 e. The molecule has 1 atom stereocenters. The van der Waals surface area contributed by atoms with E-state index in [4.69, 9.17) is 22.1 Å². The first-order valence-corrected chi connectivity index (χ1v) is 9.63. The van der Waals surface area contributed by atoms with Crippen LogP contribution in [0.4, 0.5) is 20.0 Å². The molecule has 9 heteroatoms. The van der Waals surface area contributed by atoms with Gasteiger partial charge in [0.05, 0.1) is 30.0 Å². The van der Waals surface area contributed by atoms with E-state index in [0.29, 0.717) is 29.7 Å². The van der Waals surface area contributed by atoms with Gasteiger partial charge in [-0.15, -0.1) is 11.3 Å². The highest BCUT2D eigenvalue weighted by atomic mass is 35.5. The predicted octanol–water partition coefficient (Wildman–Crippen LogP) is 4.80. The number of hydrogen-bond donors (Lipinski definition) is 3. The summed E-state index contributed by atoms with van der Waals surface area (Å²) in [5.74, 6) is -0.555. The van der Waals surface area contributed by atoms with Crippen LogP contribution in [0.3, 0.4) is 0 Å². The Morgan fingerprint density at radius 3 is 2.79 bits per heavy atom. The van der Waals surface area contributed by atoms with Crippen LogP contribution in [0.15, 0.2) is 53.9 Å². The molecule has 1 heterocycles. The second-order valence-corrected chi connectivity index (χ2v) is 7.16. The molecule has 0 aliphatic heterocycles. The average molecular weight is 421 g/mol. The molecule has 28 heavy (non-hydrogen) atoms. The van der Waals surface area contributed by atoms with E-state index in [1.165, 1.54) is 29.5 Å². The molecule has 2 amide bonds. The third-order valence-corrected chi connectivity index (χ3v) is 4.77. The Hall–Kier alpha value is -2.52. The molecular weight excluding hydrogens is 403 g/mol. The quantitative estimate of drug-likeness (QED) is 0.512. The normalized spacial score (nSPS) is 11.8. The van der Waals surface area contributed by atoms with Crippen LogP contribution in [0.1, 0.15) is 17.3 Å². The van der Waals surface area contributed by atoms with Crippen LogP contribution in [0, 0.1) is 5.82 Å². The van der Waals surface area contributed by atoms with Gasteiger partial charge in [0.2, 0.25) is 0 Å². The number of rotatable bonds is 7. The maximum atomic E-state index is 13.2. The second-order valence-electron chi connectivity index (χ2n) is 5.89. The van der Waals surface area contributed by atoms with Gasteiger partial charge < -0.3 is 15.8 Å². The first-order valence-electron chi connectivity index (χ1n) is 8.37. The van der Waals surface area contributed by atoms with Crippen molar-refractivity contribution >= 4 is 39.8 Å². The van der Waals surface area contributed by atoms with Crippen molar-refractivity contribution in [2.45, 2.75) is 12.6 Å². The van der Waals surface area contributed by atoms with Gasteiger partial charge >= 0.3 is 6.03 Å². The lowest BCUT2D eigenvalue weighted by Gasteiger charge is -2.10. The molecule has 0 bridgehead atoms. The lowest BCUT2D eigenvalue weighted by atomic mass is 10.2. The predicted molar refractivity (Wildman–Crippen MR) is 109 cm³/mol. The van der Waals surface area contributed by atoms with E-state index in [1.54, 1.807) is 5.38 Å². The van der Waals surface area contributed by atoms with E-state index < -0.39 is 17.9 Å². The van der Waals surface area contributed by atoms with Gasteiger partial charge in [0.25, 0.3) is 0 Å². The van der Waals surface area contributed by atoms with Crippen LogP contribution in [0.25, 0.3) is 0 Å². The molecule has 0 aliphatic carbocycles. The van der Waals surface area contributed by atoms with Gasteiger partial charge in [-0.3, -0.25) is 5.32 Å². The van der Waals surface area contributed by atoms with Crippen LogP contribution in [0.2, 0.25) is 5.02 Å². The zero-order chi connectivity index (χ0) is 19.9. The summed E-state index contributed by atoms with van der Waals surface area (Å²) in [7, 11) is 0. The first-order chi connectivity index (χ1) is 13.5. The largest absolute Gasteiger partial charge is 0.375 e. The minimum atomic E-state index is -0.555. The fourth-order valence-electron chi connectivity index (χ4n) is 2.31. The molecule has 2 aromatic carbocycles. The van der Waals surface area contributed by atoms with Crippen LogP contribution in [0.5, 0.6) is 0 Å².